The van der Waals surface area contributed by atoms with Gasteiger partial charge in [-0.25, -0.2) is 0 Å². The Morgan fingerprint density at radius 2 is 0.909 bits per heavy atom. The minimum absolute atomic E-state index is 0.811. The Kier molecular flexibility index (Phi) is 7.17. The normalized spacial score (nSPS) is 11.6. The molecule has 0 saturated carbocycles. The fraction of sp³-hybridized carbons (Fsp3) is 0. The first kappa shape index (κ1) is 31.2. The van der Waals surface area contributed by atoms with Crippen LogP contribution in [0.3, 0.4) is 0 Å². The Bertz CT molecular complexity index is 3180. The van der Waals surface area contributed by atoms with Crippen molar-refractivity contribution in [3.63, 3.8) is 0 Å². The van der Waals surface area contributed by atoms with Crippen LogP contribution in [0.1, 0.15) is 0 Å². The van der Waals surface area contributed by atoms with Gasteiger partial charge in [0.25, 0.3) is 0 Å². The molecule has 11 rings (SSSR count). The third kappa shape index (κ3) is 5.13. The van der Waals surface area contributed by atoms with Crippen molar-refractivity contribution in [3.8, 4) is 33.4 Å². The van der Waals surface area contributed by atoms with Crippen molar-refractivity contribution < 1.29 is 8.83 Å². The molecule has 11 aromatic rings. The molecule has 9 aromatic carbocycles. The molecule has 2 aromatic heterocycles. The predicted molar refractivity (Wildman–Crippen MR) is 229 cm³/mol. The SMILES string of the molecule is c1ccc(-c2ccc(-c3ccccc3N(c3ccc(-c4ccccc4)cc3)c3cc4oc5ccc6ccccc6c5c4c4c3oc3ccccc34)cc2)cc1. The Balaban J connectivity index is 1.19. The molecule has 0 aliphatic rings. The lowest BCUT2D eigenvalue weighted by Crippen LogP contribution is -2.11. The van der Waals surface area contributed by atoms with Crippen molar-refractivity contribution in [2.45, 2.75) is 0 Å². The molecule has 0 N–H and O–H groups in total. The molecule has 0 saturated heterocycles. The van der Waals surface area contributed by atoms with Gasteiger partial charge < -0.3 is 13.7 Å². The highest BCUT2D eigenvalue weighted by molar-refractivity contribution is 6.32. The van der Waals surface area contributed by atoms with Crippen molar-refractivity contribution in [2.24, 2.45) is 0 Å². The maximum atomic E-state index is 6.97. The Hall–Kier alpha value is -7.36. The summed E-state index contributed by atoms with van der Waals surface area (Å²) in [6.07, 6.45) is 0. The third-order valence-corrected chi connectivity index (χ3v) is 10.9. The minimum Gasteiger partial charge on any atom is -0.456 e. The molecule has 0 fully saturated rings. The van der Waals surface area contributed by atoms with Crippen LogP contribution in [-0.2, 0) is 0 Å². The molecule has 3 nitrogen and oxygen atoms in total. The monoisotopic (exact) mass is 703 g/mol. The topological polar surface area (TPSA) is 29.5 Å². The highest BCUT2D eigenvalue weighted by Gasteiger charge is 2.26. The second-order valence-corrected chi connectivity index (χ2v) is 14.0. The van der Waals surface area contributed by atoms with Crippen molar-refractivity contribution in [2.75, 3.05) is 4.90 Å². The molecule has 2 heterocycles. The fourth-order valence-electron chi connectivity index (χ4n) is 8.29. The average molecular weight is 704 g/mol. The van der Waals surface area contributed by atoms with Gasteiger partial charge in [0.05, 0.1) is 11.4 Å². The summed E-state index contributed by atoms with van der Waals surface area (Å²) in [5.41, 5.74) is 13.2. The lowest BCUT2D eigenvalue weighted by molar-refractivity contribution is 0.663. The van der Waals surface area contributed by atoms with Crippen LogP contribution >= 0.6 is 0 Å². The number of benzene rings is 9. The van der Waals surface area contributed by atoms with E-state index in [-0.39, 0.29) is 0 Å². The molecular formula is C52H33NO2. The summed E-state index contributed by atoms with van der Waals surface area (Å²) in [6, 6.07) is 70.7. The molecule has 0 atom stereocenters. The van der Waals surface area contributed by atoms with Crippen molar-refractivity contribution in [1.82, 2.24) is 0 Å². The smallest absolute Gasteiger partial charge is 0.160 e. The number of para-hydroxylation sites is 2. The number of nitrogens with zero attached hydrogens (tertiary/aromatic N) is 1. The molecule has 0 aliphatic carbocycles. The second kappa shape index (κ2) is 12.6. The van der Waals surface area contributed by atoms with E-state index in [1.807, 2.05) is 6.07 Å². The van der Waals surface area contributed by atoms with Gasteiger partial charge >= 0.3 is 0 Å². The molecule has 0 spiro atoms. The van der Waals surface area contributed by atoms with Crippen LogP contribution in [0.5, 0.6) is 0 Å². The Morgan fingerprint density at radius 1 is 0.327 bits per heavy atom. The van der Waals surface area contributed by atoms with Crippen LogP contribution in [0.25, 0.3) is 88.0 Å². The van der Waals surface area contributed by atoms with Gasteiger partial charge in [-0.2, -0.15) is 0 Å². The van der Waals surface area contributed by atoms with Gasteiger partial charge in [-0.1, -0.05) is 164 Å². The minimum atomic E-state index is 0.811. The van der Waals surface area contributed by atoms with Crippen LogP contribution in [0.4, 0.5) is 17.1 Å². The van der Waals surface area contributed by atoms with Crippen LogP contribution < -0.4 is 4.90 Å². The first-order valence-corrected chi connectivity index (χ1v) is 18.7. The van der Waals surface area contributed by atoms with Crippen molar-refractivity contribution in [1.29, 1.82) is 0 Å². The lowest BCUT2D eigenvalue weighted by atomic mass is 9.97. The van der Waals surface area contributed by atoms with Gasteiger partial charge in [-0.3, -0.25) is 0 Å². The highest BCUT2D eigenvalue weighted by Crippen LogP contribution is 2.50. The van der Waals surface area contributed by atoms with E-state index in [4.69, 9.17) is 8.83 Å². The largest absolute Gasteiger partial charge is 0.456 e. The van der Waals surface area contributed by atoms with Crippen molar-refractivity contribution in [3.05, 3.63) is 200 Å². The maximum Gasteiger partial charge on any atom is 0.160 e. The summed E-state index contributed by atoms with van der Waals surface area (Å²) in [7, 11) is 0. The van der Waals surface area contributed by atoms with Gasteiger partial charge in [0.1, 0.15) is 16.7 Å². The van der Waals surface area contributed by atoms with Gasteiger partial charge in [0, 0.05) is 38.9 Å². The van der Waals surface area contributed by atoms with E-state index in [2.05, 4.69) is 199 Å². The zero-order chi connectivity index (χ0) is 36.3. The van der Waals surface area contributed by atoms with Crippen LogP contribution in [0, 0.1) is 0 Å². The zero-order valence-electron chi connectivity index (χ0n) is 29.8. The number of furan rings is 2. The molecule has 0 unspecified atom stereocenters. The Morgan fingerprint density at radius 3 is 1.65 bits per heavy atom. The summed E-state index contributed by atoms with van der Waals surface area (Å²) >= 11 is 0. The molecule has 3 heteroatoms. The van der Waals surface area contributed by atoms with Gasteiger partial charge in [0.15, 0.2) is 5.58 Å². The summed E-state index contributed by atoms with van der Waals surface area (Å²) in [5, 5.41) is 6.62. The van der Waals surface area contributed by atoms with Crippen molar-refractivity contribution >= 4 is 71.7 Å². The van der Waals surface area contributed by atoms with E-state index in [1.54, 1.807) is 0 Å². The molecule has 55 heavy (non-hydrogen) atoms. The zero-order valence-corrected chi connectivity index (χ0v) is 29.8. The molecular weight excluding hydrogens is 671 g/mol. The second-order valence-electron chi connectivity index (χ2n) is 14.0. The molecule has 0 bridgehead atoms. The van der Waals surface area contributed by atoms with E-state index in [0.717, 1.165) is 83.0 Å². The van der Waals surface area contributed by atoms with E-state index in [9.17, 15) is 0 Å². The van der Waals surface area contributed by atoms with Gasteiger partial charge in [0.2, 0.25) is 0 Å². The predicted octanol–water partition coefficient (Wildman–Crippen LogP) is 15.1. The fourth-order valence-corrected chi connectivity index (χ4v) is 8.29. The van der Waals surface area contributed by atoms with Crippen LogP contribution in [0.2, 0.25) is 0 Å². The van der Waals surface area contributed by atoms with Crippen LogP contribution in [-0.4, -0.2) is 0 Å². The summed E-state index contributed by atoms with van der Waals surface area (Å²) in [6.45, 7) is 0. The number of anilines is 3. The van der Waals surface area contributed by atoms with E-state index < -0.39 is 0 Å². The quantitative estimate of drug-likeness (QED) is 0.173. The first-order chi connectivity index (χ1) is 27.3. The molecule has 0 aliphatic heterocycles. The number of fused-ring (bicyclic) bond motifs is 9. The van der Waals surface area contributed by atoms with Crippen LogP contribution in [0.15, 0.2) is 209 Å². The average Bonchev–Trinajstić information content (AvgIpc) is 3.84. The summed E-state index contributed by atoms with van der Waals surface area (Å²) < 4.78 is 13.8. The van der Waals surface area contributed by atoms with E-state index >= 15 is 0 Å². The molecule has 258 valence electrons. The Labute approximate surface area is 317 Å². The number of hydrogen-bond donors (Lipinski definition) is 0. The summed E-state index contributed by atoms with van der Waals surface area (Å²) in [5.74, 6) is 0. The maximum absolute atomic E-state index is 6.97. The highest BCUT2D eigenvalue weighted by atomic mass is 16.3. The third-order valence-electron chi connectivity index (χ3n) is 10.9. The number of hydrogen-bond acceptors (Lipinski definition) is 3. The van der Waals surface area contributed by atoms with E-state index in [0.29, 0.717) is 0 Å². The summed E-state index contributed by atoms with van der Waals surface area (Å²) in [4.78, 5) is 2.34. The molecule has 0 radical (unpaired) electrons. The van der Waals surface area contributed by atoms with Gasteiger partial charge in [-0.05, 0) is 68.9 Å². The first-order valence-electron chi connectivity index (χ1n) is 18.7. The van der Waals surface area contributed by atoms with Gasteiger partial charge in [-0.15, -0.1) is 0 Å². The lowest BCUT2D eigenvalue weighted by Gasteiger charge is -2.28. The molecule has 0 amide bonds. The van der Waals surface area contributed by atoms with E-state index in [1.165, 1.54) is 22.1 Å². The number of rotatable bonds is 6. The standard InChI is InChI=1S/C52H33NO2/c1-3-13-34(14-4-1)36-23-25-39(26-24-36)41-18-9-11-21-44(41)53(40-30-27-37(28-31-40)35-15-5-2-6-16-35)45-33-48-51(50-43-20-10-12-22-46(43)55-52(45)50)49-42-19-8-7-17-38(42)29-32-47(49)54-48/h1-33H.